The second kappa shape index (κ2) is 11.7. The number of aromatic nitrogens is 1. The molecule has 1 aliphatic rings. The quantitative estimate of drug-likeness (QED) is 0.880. The second-order valence-corrected chi connectivity index (χ2v) is 4.95. The third kappa shape index (κ3) is 6.61. The number of rotatable bonds is 4. The Kier molecular flexibility index (Phi) is 12.5. The number of carbonyl (C=O) groups is 1. The van der Waals surface area contributed by atoms with Crippen LogP contribution in [0.2, 0.25) is 0 Å². The third-order valence-corrected chi connectivity index (χ3v) is 3.73. The summed E-state index contributed by atoms with van der Waals surface area (Å²) < 4.78 is 0. The average Bonchev–Trinajstić information content (AvgIpc) is 2.41. The van der Waals surface area contributed by atoms with Crippen LogP contribution in [0.4, 0.5) is 5.69 Å². The number of amides is 1. The predicted molar refractivity (Wildman–Crippen MR) is 90.1 cm³/mol. The zero-order chi connectivity index (χ0) is 12.8. The first kappa shape index (κ1) is 22.4. The highest BCUT2D eigenvalue weighted by atomic mass is 35.5. The van der Waals surface area contributed by atoms with Crippen LogP contribution in [-0.2, 0) is 4.79 Å². The largest absolute Gasteiger partial charge is 0.412 e. The number of hydrogen-bond donors (Lipinski definition) is 2. The topological polar surface area (TPSA) is 99.5 Å². The maximum Gasteiger partial charge on any atom is 0.227 e. The van der Waals surface area contributed by atoms with Crippen LogP contribution < -0.4 is 11.1 Å². The van der Waals surface area contributed by atoms with Crippen molar-refractivity contribution in [2.75, 3.05) is 11.9 Å². The van der Waals surface area contributed by atoms with E-state index in [-0.39, 0.29) is 42.1 Å². The van der Waals surface area contributed by atoms with Gasteiger partial charge in [-0.25, -0.2) is 0 Å². The van der Waals surface area contributed by atoms with Crippen molar-refractivity contribution in [1.29, 1.82) is 0 Å². The van der Waals surface area contributed by atoms with Gasteiger partial charge in [-0.15, -0.1) is 24.8 Å². The predicted octanol–water partition coefficient (Wildman–Crippen LogP) is 2.19. The fraction of sp³-hybridized carbons (Fsp3) is 0.571. The molecule has 0 saturated heterocycles. The molecule has 1 heterocycles. The molecule has 0 bridgehead atoms. The molecule has 7 heteroatoms. The maximum absolute atomic E-state index is 12.3. The number of anilines is 1. The molecule has 122 valence electrons. The van der Waals surface area contributed by atoms with Crippen LogP contribution in [0, 0.1) is 11.8 Å². The number of nitrogens with one attached hydrogen (secondary N) is 1. The van der Waals surface area contributed by atoms with Crippen LogP contribution in [0.3, 0.4) is 0 Å². The van der Waals surface area contributed by atoms with E-state index >= 15 is 0 Å². The molecule has 1 saturated carbocycles. The van der Waals surface area contributed by atoms with Gasteiger partial charge in [-0.2, -0.15) is 0 Å². The monoisotopic (exact) mass is 337 g/mol. The van der Waals surface area contributed by atoms with Gasteiger partial charge >= 0.3 is 0 Å². The summed E-state index contributed by atoms with van der Waals surface area (Å²) in [6.07, 6.45) is 8.82. The molecule has 2 atom stereocenters. The van der Waals surface area contributed by atoms with E-state index in [1.165, 1.54) is 6.42 Å². The lowest BCUT2D eigenvalue weighted by Crippen LogP contribution is -2.33. The fourth-order valence-electron chi connectivity index (χ4n) is 2.78. The lowest BCUT2D eigenvalue weighted by molar-refractivity contribution is -0.122. The SMILES string of the molecule is Cl.Cl.NCCC1CCCCC1C(=O)Nc1ccncc1.O. The number of nitrogens with two attached hydrogens (primary N) is 1. The fourth-order valence-corrected chi connectivity index (χ4v) is 2.78. The Morgan fingerprint density at radius 3 is 2.48 bits per heavy atom. The van der Waals surface area contributed by atoms with Crippen molar-refractivity contribution in [3.63, 3.8) is 0 Å². The van der Waals surface area contributed by atoms with E-state index in [0.717, 1.165) is 31.4 Å². The van der Waals surface area contributed by atoms with Crippen LogP contribution in [0.1, 0.15) is 32.1 Å². The van der Waals surface area contributed by atoms with E-state index in [2.05, 4.69) is 10.3 Å². The molecule has 21 heavy (non-hydrogen) atoms. The van der Waals surface area contributed by atoms with Crippen molar-refractivity contribution in [1.82, 2.24) is 4.98 Å². The first-order chi connectivity index (χ1) is 8.81. The van der Waals surface area contributed by atoms with Gasteiger partial charge in [0.05, 0.1) is 0 Å². The Labute approximate surface area is 138 Å². The summed E-state index contributed by atoms with van der Waals surface area (Å²) in [7, 11) is 0. The van der Waals surface area contributed by atoms with E-state index in [1.807, 2.05) is 12.1 Å². The van der Waals surface area contributed by atoms with Gasteiger partial charge in [0, 0.05) is 24.0 Å². The molecule has 0 aliphatic heterocycles. The average molecular weight is 338 g/mol. The molecule has 5 nitrogen and oxygen atoms in total. The van der Waals surface area contributed by atoms with Gasteiger partial charge in [-0.3, -0.25) is 9.78 Å². The van der Waals surface area contributed by atoms with E-state index in [0.29, 0.717) is 12.5 Å². The van der Waals surface area contributed by atoms with Crippen molar-refractivity contribution < 1.29 is 10.3 Å². The number of halogens is 2. The zero-order valence-corrected chi connectivity index (χ0v) is 13.6. The summed E-state index contributed by atoms with van der Waals surface area (Å²) in [6, 6.07) is 3.64. The molecule has 1 aliphatic carbocycles. The summed E-state index contributed by atoms with van der Waals surface area (Å²) in [5, 5.41) is 2.98. The maximum atomic E-state index is 12.3. The van der Waals surface area contributed by atoms with Crippen LogP contribution in [0.25, 0.3) is 0 Å². The van der Waals surface area contributed by atoms with Gasteiger partial charge in [-0.1, -0.05) is 12.8 Å². The molecular formula is C14H25Cl2N3O2. The molecule has 1 aromatic rings. The third-order valence-electron chi connectivity index (χ3n) is 3.73. The smallest absolute Gasteiger partial charge is 0.227 e. The second-order valence-electron chi connectivity index (χ2n) is 4.95. The lowest BCUT2D eigenvalue weighted by Gasteiger charge is -2.30. The van der Waals surface area contributed by atoms with E-state index in [4.69, 9.17) is 5.73 Å². The normalized spacial score (nSPS) is 20.2. The standard InChI is InChI=1S/C14H21N3O.2ClH.H2O/c15-8-5-11-3-1-2-4-13(11)14(18)17-12-6-9-16-10-7-12;;;/h6-7,9-11,13H,1-5,8,15H2,(H,16,17,18);2*1H;1H2. The summed E-state index contributed by atoms with van der Waals surface area (Å²) >= 11 is 0. The summed E-state index contributed by atoms with van der Waals surface area (Å²) in [6.45, 7) is 0.670. The van der Waals surface area contributed by atoms with Crippen LogP contribution in [0.5, 0.6) is 0 Å². The molecule has 0 aromatic carbocycles. The number of hydrogen-bond acceptors (Lipinski definition) is 3. The first-order valence-electron chi connectivity index (χ1n) is 6.72. The minimum atomic E-state index is 0. The highest BCUT2D eigenvalue weighted by molar-refractivity contribution is 5.92. The number of nitrogens with zero attached hydrogens (tertiary/aromatic N) is 1. The zero-order valence-electron chi connectivity index (χ0n) is 12.0. The van der Waals surface area contributed by atoms with E-state index < -0.39 is 0 Å². The van der Waals surface area contributed by atoms with Crippen molar-refractivity contribution in [2.45, 2.75) is 32.1 Å². The highest BCUT2D eigenvalue weighted by Gasteiger charge is 2.30. The molecule has 5 N–H and O–H groups in total. The van der Waals surface area contributed by atoms with Crippen LogP contribution in [0.15, 0.2) is 24.5 Å². The van der Waals surface area contributed by atoms with Gasteiger partial charge in [0.2, 0.25) is 5.91 Å². The van der Waals surface area contributed by atoms with Gasteiger partial charge in [0.25, 0.3) is 0 Å². The van der Waals surface area contributed by atoms with Crippen molar-refractivity contribution in [2.24, 2.45) is 17.6 Å². The first-order valence-corrected chi connectivity index (χ1v) is 6.72. The molecule has 1 fully saturated rings. The Morgan fingerprint density at radius 2 is 1.86 bits per heavy atom. The molecule has 1 aromatic heterocycles. The molecule has 1 amide bonds. The van der Waals surface area contributed by atoms with Crippen molar-refractivity contribution in [3.8, 4) is 0 Å². The van der Waals surface area contributed by atoms with Crippen LogP contribution in [-0.4, -0.2) is 22.9 Å². The van der Waals surface area contributed by atoms with Gasteiger partial charge in [0.1, 0.15) is 0 Å². The Balaban J connectivity index is 0. The minimum Gasteiger partial charge on any atom is -0.412 e. The van der Waals surface area contributed by atoms with E-state index in [1.54, 1.807) is 12.4 Å². The summed E-state index contributed by atoms with van der Waals surface area (Å²) in [5.74, 6) is 0.709. The summed E-state index contributed by atoms with van der Waals surface area (Å²) in [5.41, 5.74) is 6.46. The number of pyridine rings is 1. The van der Waals surface area contributed by atoms with Gasteiger partial charge in [-0.05, 0) is 43.9 Å². The van der Waals surface area contributed by atoms with Crippen LogP contribution >= 0.6 is 24.8 Å². The molecule has 2 unspecified atom stereocenters. The van der Waals surface area contributed by atoms with Gasteiger partial charge < -0.3 is 16.5 Å². The molecular weight excluding hydrogens is 313 g/mol. The Hall–Kier alpha value is -0.880. The Bertz CT molecular complexity index is 391. The molecule has 0 spiro atoms. The molecule has 0 radical (unpaired) electrons. The van der Waals surface area contributed by atoms with Crippen molar-refractivity contribution >= 4 is 36.4 Å². The number of carbonyl (C=O) groups excluding carboxylic acids is 1. The van der Waals surface area contributed by atoms with E-state index in [9.17, 15) is 4.79 Å². The minimum absolute atomic E-state index is 0. The highest BCUT2D eigenvalue weighted by Crippen LogP contribution is 2.32. The van der Waals surface area contributed by atoms with Gasteiger partial charge in [0.15, 0.2) is 0 Å². The lowest BCUT2D eigenvalue weighted by atomic mass is 9.77. The molecule has 2 rings (SSSR count). The van der Waals surface area contributed by atoms with Crippen molar-refractivity contribution in [3.05, 3.63) is 24.5 Å². The Morgan fingerprint density at radius 1 is 1.24 bits per heavy atom. The summed E-state index contributed by atoms with van der Waals surface area (Å²) in [4.78, 5) is 16.2.